The van der Waals surface area contributed by atoms with Gasteiger partial charge in [-0.25, -0.2) is 3.89 Å². The van der Waals surface area contributed by atoms with Gasteiger partial charge in [-0.1, -0.05) is 0 Å². The zero-order valence-electron chi connectivity index (χ0n) is 7.96. The summed E-state index contributed by atoms with van der Waals surface area (Å²) in [6.07, 6.45) is 0.982. The van der Waals surface area contributed by atoms with Crippen molar-refractivity contribution in [1.82, 2.24) is 0 Å². The van der Waals surface area contributed by atoms with E-state index >= 15 is 0 Å². The lowest BCUT2D eigenvalue weighted by Gasteiger charge is -2.22. The molecule has 0 bridgehead atoms. The minimum atomic E-state index is -3.30. The van der Waals surface area contributed by atoms with Crippen molar-refractivity contribution in [3.63, 3.8) is 0 Å². The molecule has 0 atom stereocenters. The van der Waals surface area contributed by atoms with E-state index in [-0.39, 0.29) is 16.3 Å². The number of halogens is 1. The van der Waals surface area contributed by atoms with Crippen molar-refractivity contribution in [1.29, 1.82) is 0 Å². The predicted octanol–water partition coefficient (Wildman–Crippen LogP) is -2.81. The highest BCUT2D eigenvalue weighted by Crippen LogP contribution is 2.31. The number of quaternary nitrogens is 1. The van der Waals surface area contributed by atoms with E-state index in [1.54, 1.807) is 21.1 Å². The monoisotopic (exact) mass is 200 g/mol. The highest BCUT2D eigenvalue weighted by Gasteiger charge is 2.44. The summed E-state index contributed by atoms with van der Waals surface area (Å²) in [6.45, 7) is 0. The number of rotatable bonds is 2. The van der Waals surface area contributed by atoms with Gasteiger partial charge in [0.05, 0.1) is 22.5 Å². The summed E-state index contributed by atoms with van der Waals surface area (Å²) in [5.74, 6) is 0. The Bertz CT molecular complexity index is 255. The van der Waals surface area contributed by atoms with Crippen LogP contribution >= 0.6 is 0 Å². The Morgan fingerprint density at radius 2 is 1.73 bits per heavy atom. The Labute approximate surface area is 75.8 Å². The number of hydrogen-bond acceptors (Lipinski definition) is 2. The Morgan fingerprint density at radius 1 is 1.36 bits per heavy atom. The largest absolute Gasteiger partial charge is 1.00 e. The molecule has 3 nitrogen and oxygen atoms in total. The molecule has 11 heavy (non-hydrogen) atoms. The van der Waals surface area contributed by atoms with Crippen LogP contribution in [0.25, 0.3) is 0 Å². The summed E-state index contributed by atoms with van der Waals surface area (Å²) < 4.78 is 30.4. The normalized spacial score (nSPS) is 23.4. The van der Waals surface area contributed by atoms with Crippen LogP contribution in [0, 0.1) is 0 Å². The van der Waals surface area contributed by atoms with Gasteiger partial charge >= 0.3 is 0 Å². The van der Waals surface area contributed by atoms with Gasteiger partial charge in [-0.2, -0.15) is 8.42 Å². The third-order valence-electron chi connectivity index (χ3n) is 1.54. The van der Waals surface area contributed by atoms with Crippen LogP contribution in [0.4, 0.5) is 0 Å². The lowest BCUT2D eigenvalue weighted by molar-refractivity contribution is -0.739. The Kier molecular flexibility index (Phi) is 2.46. The van der Waals surface area contributed by atoms with Crippen molar-refractivity contribution in [2.75, 3.05) is 21.1 Å². The van der Waals surface area contributed by atoms with Crippen molar-refractivity contribution in [3.05, 3.63) is 0 Å². The van der Waals surface area contributed by atoms with Crippen LogP contribution in [0.3, 0.4) is 0 Å². The molecule has 0 aromatic carbocycles. The molecular formula is C6H14ClNO2S. The topological polar surface area (TPSA) is 34.1 Å². The van der Waals surface area contributed by atoms with Gasteiger partial charge in [0, 0.05) is 0 Å². The third kappa shape index (κ3) is 2.07. The average molecular weight is 201 g/mol. The molecule has 1 fully saturated rings. The molecule has 0 radical (unpaired) electrons. The van der Waals surface area contributed by atoms with E-state index in [2.05, 4.69) is 0 Å². The summed E-state index contributed by atoms with van der Waals surface area (Å²) in [5.41, 5.74) is 0. The molecule has 0 spiro atoms. The molecule has 0 heterocycles. The second-order valence-electron chi connectivity index (χ2n) is 3.40. The SMILES string of the molecule is [2H]C1(S(=O)(=O)[N+](C)(C)C)CC1.[Cl-]. The minimum Gasteiger partial charge on any atom is -1.00 e. The number of sulfonamides is 1. The molecule has 5 heteroatoms. The quantitative estimate of drug-likeness (QED) is 0.451. The molecule has 1 aliphatic rings. The van der Waals surface area contributed by atoms with E-state index in [1.807, 2.05) is 0 Å². The van der Waals surface area contributed by atoms with Gasteiger partial charge in [-0.3, -0.25) is 0 Å². The van der Waals surface area contributed by atoms with Gasteiger partial charge in [0.25, 0.3) is 10.0 Å². The minimum absolute atomic E-state index is 0. The zero-order valence-corrected chi connectivity index (χ0v) is 8.54. The van der Waals surface area contributed by atoms with Crippen LogP contribution in [0.5, 0.6) is 0 Å². The molecule has 0 unspecified atom stereocenters. The maximum absolute atomic E-state index is 11.5. The summed E-state index contributed by atoms with van der Waals surface area (Å²) in [6, 6.07) is 0. The van der Waals surface area contributed by atoms with Crippen molar-refractivity contribution >= 4 is 10.0 Å². The first kappa shape index (κ1) is 9.29. The molecule has 0 amide bonds. The molecule has 1 aliphatic carbocycles. The van der Waals surface area contributed by atoms with E-state index in [0.29, 0.717) is 12.8 Å². The van der Waals surface area contributed by atoms with Gasteiger partial charge in [0.15, 0.2) is 0 Å². The first-order valence-corrected chi connectivity index (χ1v) is 4.71. The van der Waals surface area contributed by atoms with E-state index < -0.39 is 15.2 Å². The Hall–Kier alpha value is 0.200. The smallest absolute Gasteiger partial charge is 0.299 e. The lowest BCUT2D eigenvalue weighted by atomic mass is 11.0. The second-order valence-corrected chi connectivity index (χ2v) is 6.03. The zero-order chi connectivity index (χ0) is 8.91. The highest BCUT2D eigenvalue weighted by atomic mass is 35.5. The van der Waals surface area contributed by atoms with Crippen LogP contribution in [-0.2, 0) is 10.0 Å². The average Bonchev–Trinajstić information content (AvgIpc) is 2.45. The van der Waals surface area contributed by atoms with E-state index in [4.69, 9.17) is 1.37 Å². The fourth-order valence-corrected chi connectivity index (χ4v) is 2.09. The maximum Gasteiger partial charge on any atom is 0.299 e. The molecule has 1 saturated carbocycles. The van der Waals surface area contributed by atoms with Crippen LogP contribution < -0.4 is 12.4 Å². The van der Waals surface area contributed by atoms with Gasteiger partial charge < -0.3 is 12.4 Å². The van der Waals surface area contributed by atoms with Gasteiger partial charge in [-0.05, 0) is 12.8 Å². The highest BCUT2D eigenvalue weighted by molar-refractivity contribution is 7.86. The molecule has 0 N–H and O–H groups in total. The van der Waals surface area contributed by atoms with Crippen molar-refractivity contribution < 1.29 is 26.1 Å². The van der Waals surface area contributed by atoms with Crippen molar-refractivity contribution in [2.24, 2.45) is 0 Å². The van der Waals surface area contributed by atoms with E-state index in [0.717, 1.165) is 0 Å². The molecule has 0 aliphatic heterocycles. The summed E-state index contributed by atoms with van der Waals surface area (Å²) in [7, 11) is 1.46. The van der Waals surface area contributed by atoms with E-state index in [1.165, 1.54) is 0 Å². The first-order valence-electron chi connectivity index (χ1n) is 3.77. The van der Waals surface area contributed by atoms with E-state index in [9.17, 15) is 8.42 Å². The molecule has 0 aromatic heterocycles. The van der Waals surface area contributed by atoms with Crippen molar-refractivity contribution in [2.45, 2.75) is 18.1 Å². The van der Waals surface area contributed by atoms with Crippen LogP contribution in [0.1, 0.15) is 14.2 Å². The number of nitrogens with zero attached hydrogens (tertiary/aromatic N) is 1. The Morgan fingerprint density at radius 3 is 1.82 bits per heavy atom. The van der Waals surface area contributed by atoms with Crippen LogP contribution in [0.15, 0.2) is 0 Å². The Balaban J connectivity index is 0.00000121. The summed E-state index contributed by atoms with van der Waals surface area (Å²) in [5, 5.41) is -1.18. The molecular weight excluding hydrogens is 186 g/mol. The fraction of sp³-hybridized carbons (Fsp3) is 1.00. The number of hydrogen-bond donors (Lipinski definition) is 0. The van der Waals surface area contributed by atoms with Gasteiger partial charge in [0.1, 0.15) is 5.23 Å². The lowest BCUT2D eigenvalue weighted by Crippen LogP contribution is -3.00. The van der Waals surface area contributed by atoms with Gasteiger partial charge in [-0.15, -0.1) is 0 Å². The molecule has 0 saturated heterocycles. The predicted molar refractivity (Wildman–Crippen MR) is 40.0 cm³/mol. The summed E-state index contributed by atoms with van der Waals surface area (Å²) in [4.78, 5) is 0. The third-order valence-corrected chi connectivity index (χ3v) is 4.12. The first-order chi connectivity index (χ1) is 4.71. The maximum atomic E-state index is 11.5. The van der Waals surface area contributed by atoms with Crippen LogP contribution in [0.2, 0.25) is 0 Å². The standard InChI is InChI=1S/C6H14NO2S.ClH/c1-7(2,3)10(8,9)6-4-5-6;/h6H,4-5H2,1-3H3;1H/q+1;/p-1/i6D;. The molecule has 0 aromatic rings. The molecule has 1 rings (SSSR count). The fourth-order valence-electron chi connectivity index (χ4n) is 0.696. The molecule has 68 valence electrons. The van der Waals surface area contributed by atoms with Crippen LogP contribution in [-0.4, -0.2) is 38.7 Å². The second kappa shape index (κ2) is 2.92. The summed E-state index contributed by atoms with van der Waals surface area (Å²) >= 11 is 0. The van der Waals surface area contributed by atoms with Crippen molar-refractivity contribution in [3.8, 4) is 0 Å². The van der Waals surface area contributed by atoms with Gasteiger partial charge in [0.2, 0.25) is 0 Å².